The first-order valence-corrected chi connectivity index (χ1v) is 10.6. The van der Waals surface area contributed by atoms with Crippen molar-refractivity contribution in [2.75, 3.05) is 18.4 Å². The van der Waals surface area contributed by atoms with Crippen molar-refractivity contribution in [2.45, 2.75) is 58.9 Å². The van der Waals surface area contributed by atoms with Crippen LogP contribution in [0.25, 0.3) is 0 Å². The van der Waals surface area contributed by atoms with Crippen molar-refractivity contribution in [1.82, 2.24) is 14.9 Å². The van der Waals surface area contributed by atoms with Crippen LogP contribution in [-0.2, 0) is 11.3 Å². The van der Waals surface area contributed by atoms with E-state index in [1.807, 2.05) is 6.20 Å². The Morgan fingerprint density at radius 2 is 2.11 bits per heavy atom. The molecule has 3 heterocycles. The van der Waals surface area contributed by atoms with Crippen LogP contribution in [0.5, 0.6) is 0 Å². The molecule has 2 aliphatic rings. The Morgan fingerprint density at radius 3 is 2.85 bits per heavy atom. The Labute approximate surface area is 165 Å². The second kappa shape index (κ2) is 7.32. The van der Waals surface area contributed by atoms with Gasteiger partial charge in [-0.05, 0) is 75.1 Å². The van der Waals surface area contributed by atoms with E-state index in [4.69, 9.17) is 0 Å². The van der Waals surface area contributed by atoms with Gasteiger partial charge in [-0.15, -0.1) is 11.3 Å². The van der Waals surface area contributed by atoms with E-state index in [0.29, 0.717) is 16.5 Å². The molecule has 1 aliphatic heterocycles. The molecule has 144 valence electrons. The van der Waals surface area contributed by atoms with Crippen molar-refractivity contribution in [3.8, 4) is 0 Å². The van der Waals surface area contributed by atoms with Crippen LogP contribution in [0.4, 0.5) is 5.13 Å². The molecule has 2 unspecified atom stereocenters. The number of carbonyl (C=O) groups is 1. The zero-order valence-corrected chi connectivity index (χ0v) is 17.2. The van der Waals surface area contributed by atoms with Gasteiger partial charge in [-0.1, -0.05) is 0 Å². The molecule has 0 radical (unpaired) electrons. The van der Waals surface area contributed by atoms with Crippen molar-refractivity contribution in [2.24, 2.45) is 5.41 Å². The fourth-order valence-electron chi connectivity index (χ4n) is 4.94. The van der Waals surface area contributed by atoms with Gasteiger partial charge in [-0.25, -0.2) is 4.98 Å². The SMILES string of the molecule is CC(=O)Nc1ncc(CN2CCC3(CCC(c4cc(C)nc(C)c4)C3)C2)s1. The molecular formula is C21H28N4OS. The smallest absolute Gasteiger partial charge is 0.223 e. The lowest BCUT2D eigenvalue weighted by Gasteiger charge is -2.24. The highest BCUT2D eigenvalue weighted by Gasteiger charge is 2.44. The quantitative estimate of drug-likeness (QED) is 0.855. The molecule has 1 saturated carbocycles. The molecule has 2 aromatic rings. The highest BCUT2D eigenvalue weighted by molar-refractivity contribution is 7.15. The summed E-state index contributed by atoms with van der Waals surface area (Å²) in [7, 11) is 0. The number of nitrogens with zero attached hydrogens (tertiary/aromatic N) is 3. The number of amides is 1. The van der Waals surface area contributed by atoms with Gasteiger partial charge in [0, 0.05) is 42.5 Å². The molecule has 0 aromatic carbocycles. The van der Waals surface area contributed by atoms with Crippen molar-refractivity contribution in [3.63, 3.8) is 0 Å². The zero-order valence-electron chi connectivity index (χ0n) is 16.4. The molecule has 1 aliphatic carbocycles. The maximum atomic E-state index is 11.2. The monoisotopic (exact) mass is 384 g/mol. The molecule has 1 N–H and O–H groups in total. The van der Waals surface area contributed by atoms with Gasteiger partial charge in [0.1, 0.15) is 0 Å². The first kappa shape index (κ1) is 18.6. The average Bonchev–Trinajstić information content (AvgIpc) is 3.29. The minimum Gasteiger partial charge on any atom is -0.302 e. The Balaban J connectivity index is 1.37. The number of thiazole rings is 1. The predicted molar refractivity (Wildman–Crippen MR) is 109 cm³/mol. The summed E-state index contributed by atoms with van der Waals surface area (Å²) in [6.07, 6.45) is 7.12. The summed E-state index contributed by atoms with van der Waals surface area (Å²) in [5.74, 6) is 0.620. The van der Waals surface area contributed by atoms with Gasteiger partial charge in [0.05, 0.1) is 0 Å². The van der Waals surface area contributed by atoms with Crippen LogP contribution in [0.1, 0.15) is 60.4 Å². The number of aryl methyl sites for hydroxylation is 2. The lowest BCUT2D eigenvalue weighted by Crippen LogP contribution is -2.24. The topological polar surface area (TPSA) is 58.1 Å². The standard InChI is InChI=1S/C21H28N4OS/c1-14-8-18(9-15(2)23-14)17-4-5-21(10-17)6-7-25(13-21)12-19-11-22-20(27-19)24-16(3)26/h8-9,11,17H,4-7,10,12-13H2,1-3H3,(H,22,24,26). The highest BCUT2D eigenvalue weighted by atomic mass is 32.1. The summed E-state index contributed by atoms with van der Waals surface area (Å²) < 4.78 is 0. The third-order valence-corrected chi connectivity index (χ3v) is 6.91. The summed E-state index contributed by atoms with van der Waals surface area (Å²) in [4.78, 5) is 23.8. The molecule has 27 heavy (non-hydrogen) atoms. The normalized spacial score (nSPS) is 25.4. The summed E-state index contributed by atoms with van der Waals surface area (Å²) >= 11 is 1.59. The maximum Gasteiger partial charge on any atom is 0.223 e. The summed E-state index contributed by atoms with van der Waals surface area (Å²) in [6, 6.07) is 4.56. The fraction of sp³-hybridized carbons (Fsp3) is 0.571. The first-order valence-electron chi connectivity index (χ1n) is 9.81. The van der Waals surface area contributed by atoms with Crippen LogP contribution < -0.4 is 5.32 Å². The fourth-order valence-corrected chi connectivity index (χ4v) is 5.84. The average molecular weight is 385 g/mol. The summed E-state index contributed by atoms with van der Waals surface area (Å²) in [5, 5.41) is 3.48. The zero-order chi connectivity index (χ0) is 19.0. The lowest BCUT2D eigenvalue weighted by molar-refractivity contribution is -0.114. The predicted octanol–water partition coefficient (Wildman–Crippen LogP) is 4.27. The van der Waals surface area contributed by atoms with Gasteiger partial charge in [0.15, 0.2) is 5.13 Å². The maximum absolute atomic E-state index is 11.2. The second-order valence-electron chi connectivity index (χ2n) is 8.40. The van der Waals surface area contributed by atoms with Crippen LogP contribution >= 0.6 is 11.3 Å². The second-order valence-corrected chi connectivity index (χ2v) is 9.51. The van der Waals surface area contributed by atoms with E-state index in [9.17, 15) is 4.79 Å². The number of anilines is 1. The van der Waals surface area contributed by atoms with Gasteiger partial charge >= 0.3 is 0 Å². The minimum atomic E-state index is -0.0605. The van der Waals surface area contributed by atoms with Gasteiger partial charge in [0.25, 0.3) is 0 Å². The highest BCUT2D eigenvalue weighted by Crippen LogP contribution is 2.51. The largest absolute Gasteiger partial charge is 0.302 e. The van der Waals surface area contributed by atoms with Crippen LogP contribution in [0.2, 0.25) is 0 Å². The number of aromatic nitrogens is 2. The molecular weight excluding hydrogens is 356 g/mol. The molecule has 1 saturated heterocycles. The van der Waals surface area contributed by atoms with Gasteiger partial charge in [0.2, 0.25) is 5.91 Å². The summed E-state index contributed by atoms with van der Waals surface area (Å²) in [5.41, 5.74) is 4.23. The van der Waals surface area contributed by atoms with E-state index < -0.39 is 0 Å². The van der Waals surface area contributed by atoms with E-state index in [2.05, 4.69) is 46.2 Å². The van der Waals surface area contributed by atoms with Crippen molar-refractivity contribution < 1.29 is 4.79 Å². The Kier molecular flexibility index (Phi) is 5.03. The molecule has 0 bridgehead atoms. The number of hydrogen-bond donors (Lipinski definition) is 1. The molecule has 6 heteroatoms. The van der Waals surface area contributed by atoms with E-state index in [-0.39, 0.29) is 5.91 Å². The third kappa shape index (κ3) is 4.22. The number of rotatable bonds is 4. The van der Waals surface area contributed by atoms with E-state index >= 15 is 0 Å². The number of carbonyl (C=O) groups excluding carboxylic acids is 1. The van der Waals surface area contributed by atoms with E-state index in [0.717, 1.165) is 24.5 Å². The van der Waals surface area contributed by atoms with Crippen LogP contribution in [-0.4, -0.2) is 33.9 Å². The number of hydrogen-bond acceptors (Lipinski definition) is 5. The van der Waals surface area contributed by atoms with Crippen molar-refractivity contribution in [3.05, 3.63) is 40.2 Å². The molecule has 5 nitrogen and oxygen atoms in total. The minimum absolute atomic E-state index is 0.0605. The molecule has 1 amide bonds. The van der Waals surface area contributed by atoms with Gasteiger partial charge in [-0.3, -0.25) is 14.7 Å². The van der Waals surface area contributed by atoms with Crippen molar-refractivity contribution >= 4 is 22.4 Å². The number of pyridine rings is 1. The first-order chi connectivity index (χ1) is 12.9. The van der Waals surface area contributed by atoms with Crippen LogP contribution in [0.3, 0.4) is 0 Å². The van der Waals surface area contributed by atoms with Gasteiger partial charge in [-0.2, -0.15) is 0 Å². The van der Waals surface area contributed by atoms with E-state index in [1.54, 1.807) is 11.3 Å². The lowest BCUT2D eigenvalue weighted by atomic mass is 9.83. The molecule has 2 atom stereocenters. The number of likely N-dealkylation sites (tertiary alicyclic amines) is 1. The Hall–Kier alpha value is -1.79. The number of nitrogens with one attached hydrogen (secondary N) is 1. The third-order valence-electron chi connectivity index (χ3n) is 6.01. The van der Waals surface area contributed by atoms with Crippen LogP contribution in [0.15, 0.2) is 18.3 Å². The van der Waals surface area contributed by atoms with Gasteiger partial charge < -0.3 is 5.32 Å². The summed E-state index contributed by atoms with van der Waals surface area (Å²) in [6.45, 7) is 9.00. The van der Waals surface area contributed by atoms with Crippen LogP contribution in [0, 0.1) is 19.3 Å². The molecule has 4 rings (SSSR count). The van der Waals surface area contributed by atoms with E-state index in [1.165, 1.54) is 49.6 Å². The Bertz CT molecular complexity index is 828. The molecule has 2 aromatic heterocycles. The van der Waals surface area contributed by atoms with Crippen molar-refractivity contribution in [1.29, 1.82) is 0 Å². The molecule has 2 fully saturated rings. The Morgan fingerprint density at radius 1 is 1.33 bits per heavy atom. The molecule has 1 spiro atoms.